The summed E-state index contributed by atoms with van der Waals surface area (Å²) in [5.41, 5.74) is 0.231. The van der Waals surface area contributed by atoms with Crippen molar-refractivity contribution in [1.82, 2.24) is 9.80 Å². The van der Waals surface area contributed by atoms with Gasteiger partial charge in [0.2, 0.25) is 11.8 Å². The van der Waals surface area contributed by atoms with Crippen LogP contribution in [0.25, 0.3) is 0 Å². The third-order valence-corrected chi connectivity index (χ3v) is 6.77. The van der Waals surface area contributed by atoms with Gasteiger partial charge in [-0.2, -0.15) is 0 Å². The van der Waals surface area contributed by atoms with Gasteiger partial charge in [0.1, 0.15) is 0 Å². The quantitative estimate of drug-likeness (QED) is 0.728. The second-order valence-corrected chi connectivity index (χ2v) is 8.81. The van der Waals surface area contributed by atoms with Crippen molar-refractivity contribution in [2.75, 3.05) is 46.0 Å². The van der Waals surface area contributed by atoms with E-state index in [0.717, 1.165) is 25.0 Å². The van der Waals surface area contributed by atoms with E-state index < -0.39 is 11.6 Å². The number of aryl methyl sites for hydroxylation is 1. The maximum absolute atomic E-state index is 13.3. The molecule has 6 nitrogen and oxygen atoms in total. The molecule has 0 aliphatic carbocycles. The maximum Gasteiger partial charge on any atom is 0.226 e. The van der Waals surface area contributed by atoms with E-state index in [-0.39, 0.29) is 29.8 Å². The second kappa shape index (κ2) is 9.61. The van der Waals surface area contributed by atoms with Gasteiger partial charge in [0.15, 0.2) is 11.6 Å². The number of likely N-dealkylation sites (tertiary alicyclic amines) is 1. The van der Waals surface area contributed by atoms with Crippen LogP contribution >= 0.6 is 0 Å². The fourth-order valence-corrected chi connectivity index (χ4v) is 4.81. The van der Waals surface area contributed by atoms with E-state index in [2.05, 4.69) is 0 Å². The van der Waals surface area contributed by atoms with Crippen molar-refractivity contribution in [2.24, 2.45) is 5.92 Å². The molecule has 0 N–H and O–H groups in total. The highest BCUT2D eigenvalue weighted by molar-refractivity contribution is 5.79. The number of nitrogens with zero attached hydrogens (tertiary/aromatic N) is 2. The zero-order valence-electron chi connectivity index (χ0n) is 17.8. The fourth-order valence-electron chi connectivity index (χ4n) is 4.81. The van der Waals surface area contributed by atoms with Gasteiger partial charge in [0.05, 0.1) is 12.2 Å². The Bertz CT molecular complexity index is 805. The number of rotatable bonds is 4. The number of halogens is 2. The largest absolute Gasteiger partial charge is 0.381 e. The van der Waals surface area contributed by atoms with Crippen LogP contribution in [0.3, 0.4) is 0 Å². The molecule has 1 spiro atoms. The first kappa shape index (κ1) is 22.1. The minimum atomic E-state index is -0.890. The zero-order chi connectivity index (χ0) is 21.8. The van der Waals surface area contributed by atoms with Crippen molar-refractivity contribution in [3.8, 4) is 0 Å². The van der Waals surface area contributed by atoms with Crippen molar-refractivity contribution in [2.45, 2.75) is 44.1 Å². The SMILES string of the molecule is O=C(CCc1ccc(F)c(F)c1)N1CCC2(CC1)CN(C(=O)C1CCOCC1)CCO2. The Morgan fingerprint density at radius 1 is 1.00 bits per heavy atom. The van der Waals surface area contributed by atoms with Gasteiger partial charge in [0.25, 0.3) is 0 Å². The highest BCUT2D eigenvalue weighted by atomic mass is 19.2. The van der Waals surface area contributed by atoms with Crippen LogP contribution in [0.2, 0.25) is 0 Å². The second-order valence-electron chi connectivity index (χ2n) is 8.81. The van der Waals surface area contributed by atoms with Gasteiger partial charge in [-0.25, -0.2) is 8.78 Å². The Morgan fingerprint density at radius 3 is 2.45 bits per heavy atom. The lowest BCUT2D eigenvalue weighted by Gasteiger charge is -2.48. The molecular formula is C23H30F2N2O4. The topological polar surface area (TPSA) is 59.1 Å². The van der Waals surface area contributed by atoms with Crippen molar-refractivity contribution in [3.05, 3.63) is 35.4 Å². The van der Waals surface area contributed by atoms with E-state index >= 15 is 0 Å². The number of carbonyl (C=O) groups is 2. The highest BCUT2D eigenvalue weighted by Gasteiger charge is 2.42. The summed E-state index contributed by atoms with van der Waals surface area (Å²) in [7, 11) is 0. The summed E-state index contributed by atoms with van der Waals surface area (Å²) in [4.78, 5) is 29.3. The molecule has 2 amide bonds. The number of amides is 2. The molecule has 3 aliphatic rings. The highest BCUT2D eigenvalue weighted by Crippen LogP contribution is 2.32. The summed E-state index contributed by atoms with van der Waals surface area (Å²) in [5.74, 6) is -1.52. The molecule has 3 saturated heterocycles. The molecule has 0 atom stereocenters. The maximum atomic E-state index is 13.3. The molecular weight excluding hydrogens is 406 g/mol. The Balaban J connectivity index is 1.27. The molecule has 3 heterocycles. The third-order valence-electron chi connectivity index (χ3n) is 6.77. The van der Waals surface area contributed by atoms with Crippen LogP contribution in [0, 0.1) is 17.6 Å². The monoisotopic (exact) mass is 436 g/mol. The molecule has 31 heavy (non-hydrogen) atoms. The van der Waals surface area contributed by atoms with Gasteiger partial charge in [0, 0.05) is 51.7 Å². The Kier molecular flexibility index (Phi) is 6.86. The van der Waals surface area contributed by atoms with E-state index in [1.54, 1.807) is 0 Å². The predicted molar refractivity (Wildman–Crippen MR) is 109 cm³/mol. The smallest absolute Gasteiger partial charge is 0.226 e. The number of ether oxygens (including phenoxy) is 2. The van der Waals surface area contributed by atoms with Gasteiger partial charge < -0.3 is 19.3 Å². The standard InChI is InChI=1S/C23H30F2N2O4/c24-19-3-1-17(15-20(19)25)2-4-21(28)26-9-7-23(8-10-26)16-27(11-14-31-23)22(29)18-5-12-30-13-6-18/h1,3,15,18H,2,4-14,16H2. The Hall–Kier alpha value is -2.06. The molecule has 0 saturated carbocycles. The normalized spacial score (nSPS) is 22.0. The van der Waals surface area contributed by atoms with Gasteiger partial charge in [-0.15, -0.1) is 0 Å². The van der Waals surface area contributed by atoms with E-state index in [0.29, 0.717) is 70.8 Å². The van der Waals surface area contributed by atoms with E-state index in [9.17, 15) is 18.4 Å². The summed E-state index contributed by atoms with van der Waals surface area (Å²) >= 11 is 0. The minimum Gasteiger partial charge on any atom is -0.381 e. The first-order valence-electron chi connectivity index (χ1n) is 11.2. The molecule has 0 bridgehead atoms. The molecule has 3 aliphatic heterocycles. The number of benzene rings is 1. The summed E-state index contributed by atoms with van der Waals surface area (Å²) in [6.45, 7) is 4.18. The number of hydrogen-bond acceptors (Lipinski definition) is 4. The molecule has 0 radical (unpaired) electrons. The van der Waals surface area contributed by atoms with Crippen LogP contribution in [0.4, 0.5) is 8.78 Å². The molecule has 1 aromatic carbocycles. The van der Waals surface area contributed by atoms with Gasteiger partial charge in [-0.1, -0.05) is 6.07 Å². The van der Waals surface area contributed by atoms with Gasteiger partial charge in [-0.3, -0.25) is 9.59 Å². The minimum absolute atomic E-state index is 0.00512. The molecule has 8 heteroatoms. The van der Waals surface area contributed by atoms with E-state index in [1.807, 2.05) is 9.80 Å². The lowest BCUT2D eigenvalue weighted by atomic mass is 9.88. The van der Waals surface area contributed by atoms with Crippen LogP contribution in [0.5, 0.6) is 0 Å². The zero-order valence-corrected chi connectivity index (χ0v) is 17.8. The fraction of sp³-hybridized carbons (Fsp3) is 0.652. The summed E-state index contributed by atoms with van der Waals surface area (Å²) in [6, 6.07) is 3.75. The lowest BCUT2D eigenvalue weighted by Crippen LogP contribution is -2.59. The summed E-state index contributed by atoms with van der Waals surface area (Å²) in [6.07, 6.45) is 3.59. The molecule has 0 aromatic heterocycles. The van der Waals surface area contributed by atoms with E-state index in [4.69, 9.17) is 9.47 Å². The third kappa shape index (κ3) is 5.23. The lowest BCUT2D eigenvalue weighted by molar-refractivity contribution is -0.167. The average Bonchev–Trinajstić information content (AvgIpc) is 2.80. The number of piperidine rings is 1. The predicted octanol–water partition coefficient (Wildman–Crippen LogP) is 2.54. The van der Waals surface area contributed by atoms with Crippen molar-refractivity contribution >= 4 is 11.8 Å². The summed E-state index contributed by atoms with van der Waals surface area (Å²) < 4.78 is 37.9. The first-order valence-corrected chi connectivity index (χ1v) is 11.2. The molecule has 4 rings (SSSR count). The van der Waals surface area contributed by atoms with Crippen LogP contribution in [-0.4, -0.2) is 73.2 Å². The Morgan fingerprint density at radius 2 is 1.74 bits per heavy atom. The molecule has 3 fully saturated rings. The van der Waals surface area contributed by atoms with Crippen LogP contribution < -0.4 is 0 Å². The van der Waals surface area contributed by atoms with Gasteiger partial charge in [-0.05, 0) is 49.8 Å². The van der Waals surface area contributed by atoms with Crippen LogP contribution in [0.15, 0.2) is 18.2 Å². The van der Waals surface area contributed by atoms with Crippen molar-refractivity contribution in [3.63, 3.8) is 0 Å². The average molecular weight is 436 g/mol. The molecule has 0 unspecified atom stereocenters. The van der Waals surface area contributed by atoms with Crippen molar-refractivity contribution < 1.29 is 27.8 Å². The van der Waals surface area contributed by atoms with Crippen LogP contribution in [-0.2, 0) is 25.5 Å². The molecule has 170 valence electrons. The van der Waals surface area contributed by atoms with Crippen LogP contribution in [0.1, 0.15) is 37.7 Å². The van der Waals surface area contributed by atoms with Gasteiger partial charge >= 0.3 is 0 Å². The summed E-state index contributed by atoms with van der Waals surface area (Å²) in [5, 5.41) is 0. The Labute approximate surface area is 181 Å². The van der Waals surface area contributed by atoms with Crippen molar-refractivity contribution in [1.29, 1.82) is 0 Å². The first-order chi connectivity index (χ1) is 15.0. The van der Waals surface area contributed by atoms with E-state index in [1.165, 1.54) is 6.07 Å². The number of carbonyl (C=O) groups excluding carboxylic acids is 2. The number of hydrogen-bond donors (Lipinski definition) is 0. The molecule has 1 aromatic rings. The number of morpholine rings is 1.